The SMILES string of the molecule is CCOC(=O)c1noc(-c2ccc(C(F)(F)F)cc2)c1C. The van der Waals surface area contributed by atoms with Crippen molar-refractivity contribution < 1.29 is 27.2 Å². The van der Waals surface area contributed by atoms with Crippen LogP contribution in [0.1, 0.15) is 28.5 Å². The van der Waals surface area contributed by atoms with Crippen LogP contribution in [0.4, 0.5) is 13.2 Å². The van der Waals surface area contributed by atoms with E-state index in [1.54, 1.807) is 13.8 Å². The number of esters is 1. The van der Waals surface area contributed by atoms with E-state index in [9.17, 15) is 18.0 Å². The maximum Gasteiger partial charge on any atom is 0.416 e. The number of ether oxygens (including phenoxy) is 1. The number of carbonyl (C=O) groups is 1. The first-order valence-electron chi connectivity index (χ1n) is 6.15. The highest BCUT2D eigenvalue weighted by Crippen LogP contribution is 2.32. The van der Waals surface area contributed by atoms with Gasteiger partial charge >= 0.3 is 12.1 Å². The minimum Gasteiger partial charge on any atom is -0.461 e. The van der Waals surface area contributed by atoms with Crippen LogP contribution in [-0.2, 0) is 10.9 Å². The molecule has 0 saturated carbocycles. The van der Waals surface area contributed by atoms with Gasteiger partial charge in [-0.3, -0.25) is 0 Å². The second-order valence-corrected chi connectivity index (χ2v) is 4.28. The summed E-state index contributed by atoms with van der Waals surface area (Å²) in [7, 11) is 0. The van der Waals surface area contributed by atoms with Crippen LogP contribution in [0.2, 0.25) is 0 Å². The molecule has 0 atom stereocenters. The lowest BCUT2D eigenvalue weighted by Crippen LogP contribution is -2.06. The Balaban J connectivity index is 2.33. The topological polar surface area (TPSA) is 52.3 Å². The van der Waals surface area contributed by atoms with E-state index >= 15 is 0 Å². The number of aromatic nitrogens is 1. The van der Waals surface area contributed by atoms with Crippen LogP contribution in [0.15, 0.2) is 28.8 Å². The number of alkyl halides is 3. The molecule has 112 valence electrons. The molecule has 0 amide bonds. The average molecular weight is 299 g/mol. The summed E-state index contributed by atoms with van der Waals surface area (Å²) < 4.78 is 47.4. The Morgan fingerprint density at radius 2 is 1.90 bits per heavy atom. The summed E-state index contributed by atoms with van der Waals surface area (Å²) in [4.78, 5) is 11.6. The van der Waals surface area contributed by atoms with Gasteiger partial charge < -0.3 is 9.26 Å². The van der Waals surface area contributed by atoms with E-state index < -0.39 is 17.7 Å². The average Bonchev–Trinajstić information content (AvgIpc) is 2.80. The first-order valence-corrected chi connectivity index (χ1v) is 6.15. The van der Waals surface area contributed by atoms with Crippen LogP contribution in [0, 0.1) is 6.92 Å². The molecule has 4 nitrogen and oxygen atoms in total. The normalized spacial score (nSPS) is 11.5. The molecule has 0 bridgehead atoms. The van der Waals surface area contributed by atoms with E-state index in [4.69, 9.17) is 9.26 Å². The van der Waals surface area contributed by atoms with Gasteiger partial charge in [0.15, 0.2) is 11.5 Å². The lowest BCUT2D eigenvalue weighted by atomic mass is 10.1. The molecular weight excluding hydrogens is 287 g/mol. The van der Waals surface area contributed by atoms with Crippen molar-refractivity contribution in [2.24, 2.45) is 0 Å². The van der Waals surface area contributed by atoms with Gasteiger partial charge in [-0.15, -0.1) is 0 Å². The molecule has 1 aromatic carbocycles. The molecule has 21 heavy (non-hydrogen) atoms. The highest BCUT2D eigenvalue weighted by molar-refractivity contribution is 5.90. The molecule has 2 rings (SSSR count). The monoisotopic (exact) mass is 299 g/mol. The van der Waals surface area contributed by atoms with Gasteiger partial charge in [-0.25, -0.2) is 4.79 Å². The Morgan fingerprint density at radius 1 is 1.29 bits per heavy atom. The summed E-state index contributed by atoms with van der Waals surface area (Å²) in [5.74, 6) is -0.385. The summed E-state index contributed by atoms with van der Waals surface area (Å²) in [6.07, 6.45) is -4.40. The second kappa shape index (κ2) is 5.59. The minimum atomic E-state index is -4.40. The van der Waals surface area contributed by atoms with E-state index in [0.29, 0.717) is 11.1 Å². The van der Waals surface area contributed by atoms with Gasteiger partial charge in [0, 0.05) is 11.1 Å². The molecule has 0 aliphatic heterocycles. The van der Waals surface area contributed by atoms with Crippen molar-refractivity contribution in [3.8, 4) is 11.3 Å². The van der Waals surface area contributed by atoms with Crippen molar-refractivity contribution in [3.63, 3.8) is 0 Å². The van der Waals surface area contributed by atoms with E-state index in [2.05, 4.69) is 5.16 Å². The van der Waals surface area contributed by atoms with Crippen LogP contribution in [0.3, 0.4) is 0 Å². The minimum absolute atomic E-state index is 0.0201. The van der Waals surface area contributed by atoms with Gasteiger partial charge in [-0.2, -0.15) is 13.2 Å². The number of halogens is 3. The molecule has 0 aliphatic rings. The third kappa shape index (κ3) is 3.07. The fourth-order valence-corrected chi connectivity index (χ4v) is 1.81. The Morgan fingerprint density at radius 3 is 2.43 bits per heavy atom. The van der Waals surface area contributed by atoms with Crippen LogP contribution < -0.4 is 0 Å². The van der Waals surface area contributed by atoms with Crippen molar-refractivity contribution in [1.29, 1.82) is 0 Å². The zero-order valence-corrected chi connectivity index (χ0v) is 11.3. The van der Waals surface area contributed by atoms with Crippen molar-refractivity contribution in [3.05, 3.63) is 41.1 Å². The van der Waals surface area contributed by atoms with Crippen LogP contribution in [0.5, 0.6) is 0 Å². The third-order valence-corrected chi connectivity index (χ3v) is 2.87. The molecular formula is C14H12F3NO3. The summed E-state index contributed by atoms with van der Waals surface area (Å²) >= 11 is 0. The summed E-state index contributed by atoms with van der Waals surface area (Å²) in [5, 5.41) is 3.61. The predicted molar refractivity (Wildman–Crippen MR) is 67.6 cm³/mol. The molecule has 0 fully saturated rings. The van der Waals surface area contributed by atoms with Crippen molar-refractivity contribution in [2.75, 3.05) is 6.61 Å². The lowest BCUT2D eigenvalue weighted by molar-refractivity contribution is -0.137. The number of carbonyl (C=O) groups excluding carboxylic acids is 1. The number of hydrogen-bond donors (Lipinski definition) is 0. The van der Waals surface area contributed by atoms with Crippen molar-refractivity contribution in [1.82, 2.24) is 5.16 Å². The lowest BCUT2D eigenvalue weighted by Gasteiger charge is -2.06. The smallest absolute Gasteiger partial charge is 0.416 e. The molecule has 7 heteroatoms. The Kier molecular flexibility index (Phi) is 4.02. The van der Waals surface area contributed by atoms with Gasteiger partial charge in [0.2, 0.25) is 0 Å². The molecule has 0 aliphatic carbocycles. The Hall–Kier alpha value is -2.31. The summed E-state index contributed by atoms with van der Waals surface area (Å²) in [6, 6.07) is 4.43. The zero-order valence-electron chi connectivity index (χ0n) is 11.3. The maximum atomic E-state index is 12.5. The number of hydrogen-bond acceptors (Lipinski definition) is 4. The van der Waals surface area contributed by atoms with Crippen LogP contribution in [0.25, 0.3) is 11.3 Å². The summed E-state index contributed by atoms with van der Waals surface area (Å²) in [6.45, 7) is 3.45. The van der Waals surface area contributed by atoms with Crippen molar-refractivity contribution in [2.45, 2.75) is 20.0 Å². The maximum absolute atomic E-state index is 12.5. The summed E-state index contributed by atoms with van der Waals surface area (Å²) in [5.41, 5.74) is 0.0949. The van der Waals surface area contributed by atoms with Crippen LogP contribution in [-0.4, -0.2) is 17.7 Å². The number of rotatable bonds is 3. The fourth-order valence-electron chi connectivity index (χ4n) is 1.81. The van der Waals surface area contributed by atoms with Gasteiger partial charge in [-0.1, -0.05) is 17.3 Å². The second-order valence-electron chi connectivity index (χ2n) is 4.28. The first kappa shape index (κ1) is 15.1. The predicted octanol–water partition coefficient (Wildman–Crippen LogP) is 3.85. The number of benzene rings is 1. The Labute approximate surface area is 118 Å². The standard InChI is InChI=1S/C14H12F3NO3/c1-3-20-13(19)11-8(2)12(21-18-11)9-4-6-10(7-5-9)14(15,16)17/h4-7H,3H2,1-2H3. The van der Waals surface area contributed by atoms with Crippen LogP contribution >= 0.6 is 0 Å². The molecule has 2 aromatic rings. The zero-order chi connectivity index (χ0) is 15.6. The molecule has 0 unspecified atom stereocenters. The van der Waals surface area contributed by atoms with Gasteiger partial charge in [0.1, 0.15) is 0 Å². The number of nitrogens with zero attached hydrogens (tertiary/aromatic N) is 1. The van der Waals surface area contributed by atoms with Gasteiger partial charge in [0.25, 0.3) is 0 Å². The molecule has 0 radical (unpaired) electrons. The molecule has 0 spiro atoms. The van der Waals surface area contributed by atoms with Gasteiger partial charge in [0.05, 0.1) is 12.2 Å². The Bertz CT molecular complexity index is 644. The molecule has 0 saturated heterocycles. The third-order valence-electron chi connectivity index (χ3n) is 2.87. The van der Waals surface area contributed by atoms with E-state index in [-0.39, 0.29) is 18.1 Å². The quantitative estimate of drug-likeness (QED) is 0.808. The van der Waals surface area contributed by atoms with E-state index in [0.717, 1.165) is 12.1 Å². The molecule has 1 heterocycles. The highest BCUT2D eigenvalue weighted by atomic mass is 19.4. The van der Waals surface area contributed by atoms with E-state index in [1.165, 1.54) is 12.1 Å². The molecule has 1 aromatic heterocycles. The molecule has 0 N–H and O–H groups in total. The fraction of sp³-hybridized carbons (Fsp3) is 0.286. The first-order chi connectivity index (χ1) is 9.84. The highest BCUT2D eigenvalue weighted by Gasteiger charge is 2.30. The van der Waals surface area contributed by atoms with Gasteiger partial charge in [-0.05, 0) is 26.0 Å². The largest absolute Gasteiger partial charge is 0.461 e. The van der Waals surface area contributed by atoms with E-state index in [1.807, 2.05) is 0 Å². The van der Waals surface area contributed by atoms with Crippen molar-refractivity contribution >= 4 is 5.97 Å².